The van der Waals surface area contributed by atoms with Crippen LogP contribution in [0, 0.1) is 17.8 Å². The molecule has 3 fully saturated rings. The molecule has 1 saturated heterocycles. The normalized spacial score (nSPS) is 41.7. The van der Waals surface area contributed by atoms with Crippen LogP contribution in [-0.2, 0) is 4.74 Å². The SMILES string of the molecule is C[C@@H]1[C@@H](O)C[C@@H](C2CCCCC2)O[C@H]1C1CCCCC1. The lowest BCUT2D eigenvalue weighted by Crippen LogP contribution is -2.49. The molecular formula is C18H32O2. The smallest absolute Gasteiger partial charge is 0.0657 e. The highest BCUT2D eigenvalue weighted by atomic mass is 16.5. The Hall–Kier alpha value is -0.0800. The van der Waals surface area contributed by atoms with Crippen LogP contribution in [0.2, 0.25) is 0 Å². The van der Waals surface area contributed by atoms with Crippen molar-refractivity contribution in [3.63, 3.8) is 0 Å². The van der Waals surface area contributed by atoms with E-state index in [4.69, 9.17) is 4.74 Å². The molecule has 2 aliphatic carbocycles. The summed E-state index contributed by atoms with van der Waals surface area (Å²) in [5.74, 6) is 1.76. The predicted octanol–water partition coefficient (Wildman–Crippen LogP) is 4.30. The third-order valence-corrected chi connectivity index (χ3v) is 6.22. The molecule has 0 spiro atoms. The fourth-order valence-corrected chi connectivity index (χ4v) is 4.87. The molecule has 0 aromatic carbocycles. The van der Waals surface area contributed by atoms with Gasteiger partial charge in [0, 0.05) is 12.3 Å². The molecule has 3 rings (SSSR count). The Morgan fingerprint density at radius 2 is 1.35 bits per heavy atom. The Morgan fingerprint density at radius 3 is 1.95 bits per heavy atom. The zero-order valence-electron chi connectivity index (χ0n) is 13.1. The molecule has 2 saturated carbocycles. The number of hydrogen-bond donors (Lipinski definition) is 1. The molecule has 116 valence electrons. The van der Waals surface area contributed by atoms with Gasteiger partial charge in [-0.15, -0.1) is 0 Å². The summed E-state index contributed by atoms with van der Waals surface area (Å²) in [6.07, 6.45) is 14.9. The van der Waals surface area contributed by atoms with Crippen molar-refractivity contribution >= 4 is 0 Å². The van der Waals surface area contributed by atoms with Gasteiger partial charge in [0.05, 0.1) is 18.3 Å². The van der Waals surface area contributed by atoms with Gasteiger partial charge in [-0.05, 0) is 37.5 Å². The second-order valence-corrected chi connectivity index (χ2v) is 7.60. The summed E-state index contributed by atoms with van der Waals surface area (Å²) in [5.41, 5.74) is 0. The molecule has 0 aromatic rings. The van der Waals surface area contributed by atoms with E-state index in [-0.39, 0.29) is 6.10 Å². The van der Waals surface area contributed by atoms with Crippen LogP contribution in [0.3, 0.4) is 0 Å². The van der Waals surface area contributed by atoms with Gasteiger partial charge in [0.2, 0.25) is 0 Å². The molecule has 3 aliphatic rings. The van der Waals surface area contributed by atoms with E-state index in [2.05, 4.69) is 6.92 Å². The van der Waals surface area contributed by atoms with Crippen molar-refractivity contribution in [2.75, 3.05) is 0 Å². The van der Waals surface area contributed by atoms with E-state index in [1.54, 1.807) is 0 Å². The van der Waals surface area contributed by atoms with E-state index in [1.807, 2.05) is 0 Å². The lowest BCUT2D eigenvalue weighted by Gasteiger charge is -2.46. The molecule has 2 nitrogen and oxygen atoms in total. The lowest BCUT2D eigenvalue weighted by atomic mass is 9.74. The zero-order chi connectivity index (χ0) is 13.9. The number of aliphatic hydroxyl groups excluding tert-OH is 1. The van der Waals surface area contributed by atoms with Gasteiger partial charge >= 0.3 is 0 Å². The molecule has 0 aromatic heterocycles. The second kappa shape index (κ2) is 6.79. The molecule has 2 heteroatoms. The quantitative estimate of drug-likeness (QED) is 0.817. The highest BCUT2D eigenvalue weighted by Crippen LogP contribution is 2.41. The Balaban J connectivity index is 1.65. The number of ether oxygens (including phenoxy) is 1. The topological polar surface area (TPSA) is 29.5 Å². The molecule has 1 heterocycles. The van der Waals surface area contributed by atoms with Gasteiger partial charge in [0.25, 0.3) is 0 Å². The molecule has 0 amide bonds. The van der Waals surface area contributed by atoms with Crippen molar-refractivity contribution in [3.8, 4) is 0 Å². The van der Waals surface area contributed by atoms with Crippen LogP contribution in [0.5, 0.6) is 0 Å². The molecule has 1 N–H and O–H groups in total. The van der Waals surface area contributed by atoms with Crippen molar-refractivity contribution in [1.82, 2.24) is 0 Å². The average Bonchev–Trinajstić information content (AvgIpc) is 2.51. The number of rotatable bonds is 2. The third kappa shape index (κ3) is 3.22. The summed E-state index contributed by atoms with van der Waals surface area (Å²) < 4.78 is 6.59. The Morgan fingerprint density at radius 1 is 0.800 bits per heavy atom. The minimum absolute atomic E-state index is 0.136. The summed E-state index contributed by atoms with van der Waals surface area (Å²) >= 11 is 0. The van der Waals surface area contributed by atoms with Crippen molar-refractivity contribution in [3.05, 3.63) is 0 Å². The van der Waals surface area contributed by atoms with E-state index in [0.29, 0.717) is 24.0 Å². The first-order valence-corrected chi connectivity index (χ1v) is 9.09. The van der Waals surface area contributed by atoms with Crippen LogP contribution < -0.4 is 0 Å². The van der Waals surface area contributed by atoms with E-state index < -0.39 is 0 Å². The van der Waals surface area contributed by atoms with Crippen molar-refractivity contribution in [2.24, 2.45) is 17.8 Å². The maximum atomic E-state index is 10.5. The van der Waals surface area contributed by atoms with E-state index >= 15 is 0 Å². The zero-order valence-corrected chi connectivity index (χ0v) is 13.1. The van der Waals surface area contributed by atoms with Crippen molar-refractivity contribution in [1.29, 1.82) is 0 Å². The average molecular weight is 280 g/mol. The van der Waals surface area contributed by atoms with Crippen LogP contribution >= 0.6 is 0 Å². The highest BCUT2D eigenvalue weighted by molar-refractivity contribution is 4.90. The summed E-state index contributed by atoms with van der Waals surface area (Å²) in [5, 5.41) is 10.5. The largest absolute Gasteiger partial charge is 0.393 e. The van der Waals surface area contributed by atoms with Gasteiger partial charge in [0.1, 0.15) is 0 Å². The first-order valence-electron chi connectivity index (χ1n) is 9.09. The van der Waals surface area contributed by atoms with E-state index in [9.17, 15) is 5.11 Å². The molecule has 20 heavy (non-hydrogen) atoms. The summed E-state index contributed by atoms with van der Waals surface area (Å²) in [7, 11) is 0. The first-order chi connectivity index (χ1) is 9.75. The van der Waals surface area contributed by atoms with Crippen molar-refractivity contribution in [2.45, 2.75) is 95.9 Å². The number of hydrogen-bond acceptors (Lipinski definition) is 2. The fourth-order valence-electron chi connectivity index (χ4n) is 4.87. The summed E-state index contributed by atoms with van der Waals surface area (Å²) in [6, 6.07) is 0. The maximum Gasteiger partial charge on any atom is 0.0657 e. The van der Waals surface area contributed by atoms with E-state index in [0.717, 1.165) is 12.3 Å². The predicted molar refractivity (Wildman–Crippen MR) is 81.6 cm³/mol. The van der Waals surface area contributed by atoms with Crippen LogP contribution in [0.4, 0.5) is 0 Å². The van der Waals surface area contributed by atoms with Crippen molar-refractivity contribution < 1.29 is 9.84 Å². The summed E-state index contributed by atoms with van der Waals surface area (Å²) in [6.45, 7) is 2.21. The van der Waals surface area contributed by atoms with Crippen LogP contribution in [0.15, 0.2) is 0 Å². The van der Waals surface area contributed by atoms with Gasteiger partial charge in [0.15, 0.2) is 0 Å². The van der Waals surface area contributed by atoms with Crippen LogP contribution in [0.1, 0.15) is 77.6 Å². The molecule has 1 aliphatic heterocycles. The van der Waals surface area contributed by atoms with Crippen LogP contribution in [-0.4, -0.2) is 23.4 Å². The van der Waals surface area contributed by atoms with Crippen LogP contribution in [0.25, 0.3) is 0 Å². The third-order valence-electron chi connectivity index (χ3n) is 6.22. The minimum atomic E-state index is -0.136. The Kier molecular flexibility index (Phi) is 5.04. The Bertz CT molecular complexity index is 292. The molecule has 0 radical (unpaired) electrons. The van der Waals surface area contributed by atoms with E-state index in [1.165, 1.54) is 64.2 Å². The van der Waals surface area contributed by atoms with Gasteiger partial charge in [-0.2, -0.15) is 0 Å². The molecule has 4 atom stereocenters. The van der Waals surface area contributed by atoms with Gasteiger partial charge in [-0.1, -0.05) is 45.4 Å². The number of aliphatic hydroxyl groups is 1. The molecule has 0 bridgehead atoms. The highest BCUT2D eigenvalue weighted by Gasteiger charge is 2.41. The molecule has 0 unspecified atom stereocenters. The lowest BCUT2D eigenvalue weighted by molar-refractivity contribution is -0.173. The standard InChI is InChI=1S/C18H32O2/c1-13-16(19)12-17(14-8-4-2-5-9-14)20-18(13)15-10-6-3-7-11-15/h13-19H,2-12H2,1H3/t13-,16+,17+,18-/m1/s1. The second-order valence-electron chi connectivity index (χ2n) is 7.60. The fraction of sp³-hybridized carbons (Fsp3) is 1.00. The molecular weight excluding hydrogens is 248 g/mol. The monoisotopic (exact) mass is 280 g/mol. The minimum Gasteiger partial charge on any atom is -0.393 e. The van der Waals surface area contributed by atoms with Gasteiger partial charge < -0.3 is 9.84 Å². The Labute approximate surface area is 124 Å². The maximum absolute atomic E-state index is 10.5. The van der Waals surface area contributed by atoms with Gasteiger partial charge in [-0.3, -0.25) is 0 Å². The summed E-state index contributed by atoms with van der Waals surface area (Å²) in [4.78, 5) is 0. The van der Waals surface area contributed by atoms with Gasteiger partial charge in [-0.25, -0.2) is 0 Å². The first kappa shape index (κ1) is 14.8.